The molecule has 0 bridgehead atoms. The molecule has 0 saturated heterocycles. The topological polar surface area (TPSA) is 152 Å². The van der Waals surface area contributed by atoms with Crippen LogP contribution >= 0.6 is 0 Å². The van der Waals surface area contributed by atoms with E-state index < -0.39 is 28.1 Å². The van der Waals surface area contributed by atoms with Gasteiger partial charge in [-0.3, -0.25) is 10.1 Å². The van der Waals surface area contributed by atoms with E-state index in [2.05, 4.69) is 10.1 Å². The van der Waals surface area contributed by atoms with Crippen molar-refractivity contribution in [3.05, 3.63) is 39.6 Å². The fourth-order valence-electron chi connectivity index (χ4n) is 1.67. The molecule has 0 saturated carbocycles. The maximum absolute atomic E-state index is 11.8. The van der Waals surface area contributed by atoms with Crippen LogP contribution in [0, 0.1) is 21.4 Å². The maximum atomic E-state index is 11.8. The monoisotopic (exact) mass is 335 g/mol. The number of methoxy groups -OCH3 is 1. The van der Waals surface area contributed by atoms with Crippen LogP contribution in [0.15, 0.2) is 23.9 Å². The third-order valence-corrected chi connectivity index (χ3v) is 2.72. The smallest absolute Gasteiger partial charge is 0.347 e. The number of nitrogens with one attached hydrogen (secondary N) is 1. The van der Waals surface area contributed by atoms with Crippen LogP contribution in [0.4, 0.5) is 11.4 Å². The molecule has 24 heavy (non-hydrogen) atoms. The van der Waals surface area contributed by atoms with E-state index >= 15 is 0 Å². The number of hydrogen-bond donors (Lipinski definition) is 2. The molecule has 0 aliphatic heterocycles. The highest BCUT2D eigenvalue weighted by Crippen LogP contribution is 2.34. The normalized spacial score (nSPS) is 10.5. The van der Waals surface area contributed by atoms with Crippen molar-refractivity contribution in [3.63, 3.8) is 0 Å². The number of carboxylic acids is 1. The molecule has 1 aromatic rings. The summed E-state index contributed by atoms with van der Waals surface area (Å²) >= 11 is 0. The number of rotatable bonds is 7. The van der Waals surface area contributed by atoms with Gasteiger partial charge in [-0.2, -0.15) is 5.26 Å². The van der Waals surface area contributed by atoms with Crippen molar-refractivity contribution in [2.75, 3.05) is 19.0 Å². The van der Waals surface area contributed by atoms with Crippen molar-refractivity contribution in [1.82, 2.24) is 0 Å². The number of aliphatic carboxylic acids is 1. The van der Waals surface area contributed by atoms with E-state index in [-0.39, 0.29) is 23.6 Å². The lowest BCUT2D eigenvalue weighted by Crippen LogP contribution is -2.09. The average molecular weight is 335 g/mol. The summed E-state index contributed by atoms with van der Waals surface area (Å²) in [6.07, 6.45) is 0.853. The Morgan fingerprint density at radius 3 is 2.62 bits per heavy atom. The van der Waals surface area contributed by atoms with Crippen LogP contribution in [-0.2, 0) is 9.53 Å². The zero-order valence-corrected chi connectivity index (χ0v) is 12.7. The first kappa shape index (κ1) is 18.4. The maximum Gasteiger partial charge on any atom is 0.347 e. The van der Waals surface area contributed by atoms with E-state index in [0.717, 1.165) is 25.4 Å². The summed E-state index contributed by atoms with van der Waals surface area (Å²) in [7, 11) is 1.09. The minimum Gasteiger partial charge on any atom is -0.487 e. The minimum atomic E-state index is -1.48. The van der Waals surface area contributed by atoms with Crippen molar-refractivity contribution in [1.29, 1.82) is 5.26 Å². The first-order chi connectivity index (χ1) is 11.3. The van der Waals surface area contributed by atoms with Crippen molar-refractivity contribution in [3.8, 4) is 11.8 Å². The van der Waals surface area contributed by atoms with Gasteiger partial charge in [0, 0.05) is 18.3 Å². The van der Waals surface area contributed by atoms with Gasteiger partial charge < -0.3 is 19.9 Å². The third-order valence-electron chi connectivity index (χ3n) is 2.72. The Bertz CT molecular complexity index is 749. The number of hydrogen-bond acceptors (Lipinski definition) is 8. The van der Waals surface area contributed by atoms with Crippen molar-refractivity contribution in [2.24, 2.45) is 0 Å². The Balaban J connectivity index is 3.47. The Kier molecular flexibility index (Phi) is 6.25. The fraction of sp³-hybridized carbons (Fsp3) is 0.214. The number of carbonyl (C=O) groups excluding carboxylic acids is 1. The minimum absolute atomic E-state index is 0.00935. The number of nitro groups is 1. The lowest BCUT2D eigenvalue weighted by atomic mass is 10.1. The molecule has 10 nitrogen and oxygen atoms in total. The average Bonchev–Trinajstić information content (AvgIpc) is 2.54. The molecule has 126 valence electrons. The van der Waals surface area contributed by atoms with E-state index in [1.54, 1.807) is 6.92 Å². The number of nitriles is 1. The SMILES string of the molecule is CCOc1cc(NC=C(C#N)C(=O)O)c(C(=O)OC)cc1[N+](=O)[O-]. The van der Waals surface area contributed by atoms with Crippen LogP contribution in [0.25, 0.3) is 0 Å². The molecule has 1 rings (SSSR count). The number of nitrogens with zero attached hydrogens (tertiary/aromatic N) is 2. The van der Waals surface area contributed by atoms with Gasteiger partial charge in [0.05, 0.1) is 29.9 Å². The lowest BCUT2D eigenvalue weighted by Gasteiger charge is -2.11. The number of carboxylic acid groups (broad SMARTS) is 1. The molecular weight excluding hydrogens is 322 g/mol. The van der Waals surface area contributed by atoms with Crippen LogP contribution in [0.3, 0.4) is 0 Å². The molecule has 0 heterocycles. The van der Waals surface area contributed by atoms with Gasteiger partial charge in [-0.05, 0) is 6.92 Å². The van der Waals surface area contributed by atoms with Crippen LogP contribution < -0.4 is 10.1 Å². The summed E-state index contributed by atoms with van der Waals surface area (Å²) in [6.45, 7) is 1.75. The summed E-state index contributed by atoms with van der Waals surface area (Å²) in [5, 5.41) is 31.1. The van der Waals surface area contributed by atoms with Gasteiger partial charge in [-0.15, -0.1) is 0 Å². The molecule has 2 N–H and O–H groups in total. The molecule has 0 spiro atoms. The number of anilines is 1. The number of carbonyl (C=O) groups is 2. The molecule has 0 aliphatic carbocycles. The van der Waals surface area contributed by atoms with Gasteiger partial charge in [0.2, 0.25) is 0 Å². The fourth-order valence-corrected chi connectivity index (χ4v) is 1.67. The Morgan fingerprint density at radius 2 is 2.17 bits per heavy atom. The Labute approximate surface area is 136 Å². The largest absolute Gasteiger partial charge is 0.487 e. The van der Waals surface area contributed by atoms with Crippen molar-refractivity contribution in [2.45, 2.75) is 6.92 Å². The molecule has 0 aliphatic rings. The molecule has 0 amide bonds. The lowest BCUT2D eigenvalue weighted by molar-refractivity contribution is -0.385. The highest BCUT2D eigenvalue weighted by molar-refractivity contribution is 5.98. The van der Waals surface area contributed by atoms with Crippen LogP contribution in [0.1, 0.15) is 17.3 Å². The highest BCUT2D eigenvalue weighted by atomic mass is 16.6. The van der Waals surface area contributed by atoms with Crippen molar-refractivity contribution < 1.29 is 29.1 Å². The quantitative estimate of drug-likeness (QED) is 0.249. The van der Waals surface area contributed by atoms with Crippen LogP contribution in [0.5, 0.6) is 5.75 Å². The number of ether oxygens (including phenoxy) is 2. The molecule has 1 aromatic carbocycles. The molecular formula is C14H13N3O7. The predicted octanol–water partition coefficient (Wildman–Crippen LogP) is 1.68. The zero-order valence-electron chi connectivity index (χ0n) is 12.7. The number of nitro benzene ring substituents is 1. The van der Waals surface area contributed by atoms with E-state index in [1.807, 2.05) is 0 Å². The second-order valence-corrected chi connectivity index (χ2v) is 4.17. The molecule has 0 atom stereocenters. The van der Waals surface area contributed by atoms with Gasteiger partial charge >= 0.3 is 17.6 Å². The predicted molar refractivity (Wildman–Crippen MR) is 80.6 cm³/mol. The summed E-state index contributed by atoms with van der Waals surface area (Å²) in [6, 6.07) is 3.55. The second kappa shape index (κ2) is 8.14. The first-order valence-electron chi connectivity index (χ1n) is 6.49. The molecule has 0 aromatic heterocycles. The van der Waals surface area contributed by atoms with Gasteiger partial charge in [0.15, 0.2) is 11.3 Å². The van der Waals surface area contributed by atoms with Gasteiger partial charge in [0.1, 0.15) is 6.07 Å². The highest BCUT2D eigenvalue weighted by Gasteiger charge is 2.23. The van der Waals surface area contributed by atoms with Crippen LogP contribution in [0.2, 0.25) is 0 Å². The number of esters is 1. The van der Waals surface area contributed by atoms with E-state index in [9.17, 15) is 19.7 Å². The van der Waals surface area contributed by atoms with Gasteiger partial charge in [-0.1, -0.05) is 0 Å². The van der Waals surface area contributed by atoms with Crippen molar-refractivity contribution >= 4 is 23.3 Å². The molecule has 0 radical (unpaired) electrons. The summed E-state index contributed by atoms with van der Waals surface area (Å²) in [4.78, 5) is 33.0. The summed E-state index contributed by atoms with van der Waals surface area (Å²) in [5.74, 6) is -2.48. The summed E-state index contributed by atoms with van der Waals surface area (Å²) in [5.41, 5.74) is -1.30. The number of benzene rings is 1. The molecule has 0 fully saturated rings. The molecule has 0 unspecified atom stereocenters. The van der Waals surface area contributed by atoms with E-state index in [1.165, 1.54) is 6.07 Å². The Hall–Kier alpha value is -3.61. The molecule has 10 heteroatoms. The second-order valence-electron chi connectivity index (χ2n) is 4.17. The van der Waals surface area contributed by atoms with E-state index in [0.29, 0.717) is 0 Å². The van der Waals surface area contributed by atoms with Gasteiger partial charge in [0.25, 0.3) is 0 Å². The van der Waals surface area contributed by atoms with E-state index in [4.69, 9.17) is 15.1 Å². The summed E-state index contributed by atoms with van der Waals surface area (Å²) < 4.78 is 9.70. The van der Waals surface area contributed by atoms with Crippen LogP contribution in [-0.4, -0.2) is 35.7 Å². The first-order valence-corrected chi connectivity index (χ1v) is 6.49. The standard InChI is InChI=1S/C14H13N3O7/c1-3-24-12-5-10(16-7-8(6-15)13(18)19)9(14(20)23-2)4-11(12)17(21)22/h4-5,7,16H,3H2,1-2H3,(H,18,19). The Morgan fingerprint density at radius 1 is 1.50 bits per heavy atom. The zero-order chi connectivity index (χ0) is 18.3. The third kappa shape index (κ3) is 4.20. The van der Waals surface area contributed by atoms with Gasteiger partial charge in [-0.25, -0.2) is 9.59 Å².